The summed E-state index contributed by atoms with van der Waals surface area (Å²) in [6.45, 7) is 5.34. The number of amides is 1. The van der Waals surface area contributed by atoms with Gasteiger partial charge in [-0.15, -0.1) is 0 Å². The summed E-state index contributed by atoms with van der Waals surface area (Å²) in [6, 6.07) is 8.20. The first-order chi connectivity index (χ1) is 12.2. The van der Waals surface area contributed by atoms with Crippen LogP contribution in [0.5, 0.6) is 5.75 Å². The van der Waals surface area contributed by atoms with E-state index in [1.807, 2.05) is 12.1 Å². The predicted molar refractivity (Wildman–Crippen MR) is 99.0 cm³/mol. The Kier molecular flexibility index (Phi) is 4.59. The number of rotatable bonds is 3. The van der Waals surface area contributed by atoms with Crippen molar-refractivity contribution in [2.45, 2.75) is 25.7 Å². The van der Waals surface area contributed by atoms with Gasteiger partial charge < -0.3 is 19.9 Å². The van der Waals surface area contributed by atoms with Crippen LogP contribution < -0.4 is 15.0 Å². The van der Waals surface area contributed by atoms with Gasteiger partial charge in [-0.3, -0.25) is 4.79 Å². The molecule has 3 fully saturated rings. The minimum Gasteiger partial charge on any atom is -0.497 e. The number of carbonyl (C=O) groups excluding carboxylic acids is 1. The van der Waals surface area contributed by atoms with E-state index in [0.717, 1.165) is 51.4 Å². The number of fused-ring (bicyclic) bond motifs is 1. The van der Waals surface area contributed by atoms with Crippen LogP contribution in [0.25, 0.3) is 0 Å². The van der Waals surface area contributed by atoms with Crippen LogP contribution in [0.15, 0.2) is 24.3 Å². The van der Waals surface area contributed by atoms with Gasteiger partial charge >= 0.3 is 0 Å². The molecule has 1 aliphatic carbocycles. The summed E-state index contributed by atoms with van der Waals surface area (Å²) in [5.41, 5.74) is 1.07. The van der Waals surface area contributed by atoms with E-state index in [0.29, 0.717) is 11.8 Å². The number of piperazine rings is 1. The monoisotopic (exact) mass is 343 g/mol. The van der Waals surface area contributed by atoms with Crippen LogP contribution in [0.1, 0.15) is 25.7 Å². The van der Waals surface area contributed by atoms with E-state index < -0.39 is 0 Å². The van der Waals surface area contributed by atoms with E-state index in [1.165, 1.54) is 24.9 Å². The first-order valence-corrected chi connectivity index (χ1v) is 9.62. The van der Waals surface area contributed by atoms with Gasteiger partial charge in [0.05, 0.1) is 12.5 Å². The first kappa shape index (κ1) is 16.7. The number of hydrogen-bond donors (Lipinski definition) is 1. The third kappa shape index (κ3) is 2.99. The van der Waals surface area contributed by atoms with Crippen LogP contribution in [0.2, 0.25) is 0 Å². The Morgan fingerprint density at radius 1 is 1.24 bits per heavy atom. The zero-order valence-electron chi connectivity index (χ0n) is 15.2. The maximum atomic E-state index is 13.3. The molecule has 1 aromatic rings. The summed E-state index contributed by atoms with van der Waals surface area (Å²) in [5.74, 6) is 1.84. The quantitative estimate of drug-likeness (QED) is 0.913. The van der Waals surface area contributed by atoms with Gasteiger partial charge in [-0.25, -0.2) is 0 Å². The summed E-state index contributed by atoms with van der Waals surface area (Å²) in [4.78, 5) is 17.8. The molecule has 0 radical (unpaired) electrons. The lowest BCUT2D eigenvalue weighted by Crippen LogP contribution is -2.56. The fraction of sp³-hybridized carbons (Fsp3) is 0.650. The van der Waals surface area contributed by atoms with Crippen LogP contribution in [-0.4, -0.2) is 57.2 Å². The van der Waals surface area contributed by atoms with E-state index in [1.54, 1.807) is 7.11 Å². The smallest absolute Gasteiger partial charge is 0.230 e. The fourth-order valence-corrected chi connectivity index (χ4v) is 4.96. The highest BCUT2D eigenvalue weighted by Gasteiger charge is 2.51. The SMILES string of the molecule is COc1cccc(N2CCN(C(=O)[C@@]34CCCC[C@H]3CNC4)CC2)c1. The van der Waals surface area contributed by atoms with E-state index in [9.17, 15) is 4.79 Å². The molecule has 0 spiro atoms. The van der Waals surface area contributed by atoms with E-state index in [2.05, 4.69) is 27.2 Å². The van der Waals surface area contributed by atoms with Crippen molar-refractivity contribution in [3.8, 4) is 5.75 Å². The van der Waals surface area contributed by atoms with E-state index >= 15 is 0 Å². The summed E-state index contributed by atoms with van der Waals surface area (Å²) < 4.78 is 5.33. The highest BCUT2D eigenvalue weighted by Crippen LogP contribution is 2.45. The molecule has 0 aromatic heterocycles. The highest BCUT2D eigenvalue weighted by molar-refractivity contribution is 5.84. The Bertz CT molecular complexity index is 627. The summed E-state index contributed by atoms with van der Waals surface area (Å²) in [7, 11) is 1.70. The zero-order chi connectivity index (χ0) is 17.3. The normalized spacial score (nSPS) is 29.4. The molecule has 1 saturated carbocycles. The van der Waals surface area contributed by atoms with Gasteiger partial charge in [0, 0.05) is 44.5 Å². The first-order valence-electron chi connectivity index (χ1n) is 9.62. The van der Waals surface area contributed by atoms with Gasteiger partial charge in [-0.1, -0.05) is 18.9 Å². The lowest BCUT2D eigenvalue weighted by Gasteiger charge is -2.44. The summed E-state index contributed by atoms with van der Waals surface area (Å²) in [6.07, 6.45) is 4.76. The predicted octanol–water partition coefficient (Wildman–Crippen LogP) is 2.12. The second-order valence-corrected chi connectivity index (χ2v) is 7.71. The third-order valence-corrected chi connectivity index (χ3v) is 6.45. The molecule has 1 aromatic carbocycles. The van der Waals surface area contributed by atoms with Crippen LogP contribution in [0.3, 0.4) is 0 Å². The number of ether oxygens (including phenoxy) is 1. The molecule has 0 bridgehead atoms. The Morgan fingerprint density at radius 3 is 2.88 bits per heavy atom. The number of nitrogens with zero attached hydrogens (tertiary/aromatic N) is 2. The molecule has 5 nitrogen and oxygen atoms in total. The third-order valence-electron chi connectivity index (χ3n) is 6.45. The molecule has 5 heteroatoms. The van der Waals surface area contributed by atoms with Gasteiger partial charge in [0.25, 0.3) is 0 Å². The maximum Gasteiger partial charge on any atom is 0.230 e. The minimum absolute atomic E-state index is 0.115. The van der Waals surface area contributed by atoms with Crippen molar-refractivity contribution in [3.63, 3.8) is 0 Å². The Labute approximate surface area is 150 Å². The topological polar surface area (TPSA) is 44.8 Å². The van der Waals surface area contributed by atoms with Crippen LogP contribution in [0.4, 0.5) is 5.69 Å². The van der Waals surface area contributed by atoms with Gasteiger partial charge in [-0.05, 0) is 37.4 Å². The van der Waals surface area contributed by atoms with Crippen molar-refractivity contribution in [1.29, 1.82) is 0 Å². The molecule has 136 valence electrons. The van der Waals surface area contributed by atoms with Crippen LogP contribution in [-0.2, 0) is 4.79 Å². The van der Waals surface area contributed by atoms with Gasteiger partial charge in [-0.2, -0.15) is 0 Å². The largest absolute Gasteiger partial charge is 0.497 e. The molecule has 3 aliphatic rings. The molecule has 25 heavy (non-hydrogen) atoms. The number of benzene rings is 1. The van der Waals surface area contributed by atoms with Crippen LogP contribution in [0, 0.1) is 11.3 Å². The summed E-state index contributed by atoms with van der Waals surface area (Å²) >= 11 is 0. The average molecular weight is 343 g/mol. The van der Waals surface area contributed by atoms with Crippen molar-refractivity contribution < 1.29 is 9.53 Å². The number of carbonyl (C=O) groups is 1. The number of anilines is 1. The molecular weight excluding hydrogens is 314 g/mol. The van der Waals surface area contributed by atoms with Gasteiger partial charge in [0.2, 0.25) is 5.91 Å². The molecule has 1 amide bonds. The molecule has 4 rings (SSSR count). The molecular formula is C20H29N3O2. The number of hydrogen-bond acceptors (Lipinski definition) is 4. The summed E-state index contributed by atoms with van der Waals surface area (Å²) in [5, 5.41) is 3.50. The Morgan fingerprint density at radius 2 is 2.08 bits per heavy atom. The highest BCUT2D eigenvalue weighted by atomic mass is 16.5. The molecule has 2 aliphatic heterocycles. The Balaban J connectivity index is 1.42. The Hall–Kier alpha value is -1.75. The fourth-order valence-electron chi connectivity index (χ4n) is 4.96. The molecule has 2 saturated heterocycles. The van der Waals surface area contributed by atoms with Crippen molar-refractivity contribution in [1.82, 2.24) is 10.2 Å². The zero-order valence-corrected chi connectivity index (χ0v) is 15.2. The van der Waals surface area contributed by atoms with Gasteiger partial charge in [0.1, 0.15) is 5.75 Å². The van der Waals surface area contributed by atoms with Gasteiger partial charge in [0.15, 0.2) is 0 Å². The second-order valence-electron chi connectivity index (χ2n) is 7.71. The van der Waals surface area contributed by atoms with Crippen LogP contribution >= 0.6 is 0 Å². The van der Waals surface area contributed by atoms with Crippen molar-refractivity contribution in [3.05, 3.63) is 24.3 Å². The lowest BCUT2D eigenvalue weighted by molar-refractivity contribution is -0.145. The van der Waals surface area contributed by atoms with E-state index in [-0.39, 0.29) is 5.41 Å². The second kappa shape index (κ2) is 6.87. The average Bonchev–Trinajstić information content (AvgIpc) is 3.13. The van der Waals surface area contributed by atoms with Crippen molar-refractivity contribution in [2.75, 3.05) is 51.3 Å². The minimum atomic E-state index is -0.115. The molecule has 0 unspecified atom stereocenters. The maximum absolute atomic E-state index is 13.3. The van der Waals surface area contributed by atoms with Crippen molar-refractivity contribution in [2.24, 2.45) is 11.3 Å². The number of nitrogens with one attached hydrogen (secondary N) is 1. The van der Waals surface area contributed by atoms with Crippen molar-refractivity contribution >= 4 is 11.6 Å². The standard InChI is InChI=1S/C20H29N3O2/c1-25-18-7-4-6-17(13-18)22-9-11-23(12-10-22)19(24)20-8-3-2-5-16(20)14-21-15-20/h4,6-7,13,16,21H,2-3,5,8-12,14-15H2,1H3/t16-,20+/m0/s1. The number of methoxy groups -OCH3 is 1. The molecule has 2 heterocycles. The molecule has 2 atom stereocenters. The van der Waals surface area contributed by atoms with E-state index in [4.69, 9.17) is 4.74 Å². The molecule has 1 N–H and O–H groups in total. The lowest BCUT2D eigenvalue weighted by atomic mass is 9.67.